The fourth-order valence-corrected chi connectivity index (χ4v) is 2.99. The van der Waals surface area contributed by atoms with Gasteiger partial charge in [0.25, 0.3) is 0 Å². The molecule has 1 fully saturated rings. The van der Waals surface area contributed by atoms with Crippen molar-refractivity contribution in [2.24, 2.45) is 5.92 Å². The zero-order chi connectivity index (χ0) is 13.7. The summed E-state index contributed by atoms with van der Waals surface area (Å²) in [5.74, 6) is 0.727. The highest BCUT2D eigenvalue weighted by Crippen LogP contribution is 2.24. The summed E-state index contributed by atoms with van der Waals surface area (Å²) in [6, 6.07) is 9.73. The molecule has 19 heavy (non-hydrogen) atoms. The fourth-order valence-electron chi connectivity index (χ4n) is 2.99. The molecular formula is C17H28N2. The van der Waals surface area contributed by atoms with Gasteiger partial charge in [0.15, 0.2) is 0 Å². The number of anilines is 1. The predicted molar refractivity (Wildman–Crippen MR) is 83.9 cm³/mol. The molecule has 0 bridgehead atoms. The van der Waals surface area contributed by atoms with Crippen LogP contribution in [0.3, 0.4) is 0 Å². The van der Waals surface area contributed by atoms with Gasteiger partial charge in [-0.15, -0.1) is 0 Å². The van der Waals surface area contributed by atoms with Gasteiger partial charge in [-0.3, -0.25) is 0 Å². The molecular weight excluding hydrogens is 232 g/mol. The number of hydrogen-bond donors (Lipinski definition) is 1. The van der Waals surface area contributed by atoms with Crippen molar-refractivity contribution < 1.29 is 0 Å². The molecule has 1 aliphatic rings. The Bertz CT molecular complexity index is 389. The van der Waals surface area contributed by atoms with Crippen LogP contribution in [0, 0.1) is 5.92 Å². The van der Waals surface area contributed by atoms with Gasteiger partial charge in [-0.05, 0) is 49.4 Å². The van der Waals surface area contributed by atoms with E-state index in [9.17, 15) is 0 Å². The van der Waals surface area contributed by atoms with Crippen LogP contribution in [0.15, 0.2) is 24.3 Å². The quantitative estimate of drug-likeness (QED) is 0.872. The molecule has 2 heteroatoms. The number of aryl methyl sites for hydroxylation is 1. The van der Waals surface area contributed by atoms with E-state index in [4.69, 9.17) is 0 Å². The molecule has 1 heterocycles. The lowest BCUT2D eigenvalue weighted by Gasteiger charge is -2.39. The molecule has 1 aromatic rings. The molecule has 0 saturated carbocycles. The molecule has 0 spiro atoms. The van der Waals surface area contributed by atoms with Crippen molar-refractivity contribution in [3.63, 3.8) is 0 Å². The highest BCUT2D eigenvalue weighted by molar-refractivity contribution is 5.49. The summed E-state index contributed by atoms with van der Waals surface area (Å²) in [5.41, 5.74) is 2.84. The van der Waals surface area contributed by atoms with E-state index >= 15 is 0 Å². The molecule has 1 aliphatic heterocycles. The standard InChI is InChI=1S/C17H28N2/c1-4-10-18-17-9-11-19(13-14(17)3)16-8-6-7-15(5-2)12-16/h6-8,12,14,17-18H,4-5,9-11,13H2,1-3H3. The Labute approximate surface area is 118 Å². The molecule has 2 unspecified atom stereocenters. The average Bonchev–Trinajstić information content (AvgIpc) is 2.46. The first-order valence-corrected chi connectivity index (χ1v) is 7.81. The lowest BCUT2D eigenvalue weighted by molar-refractivity contribution is 0.322. The maximum Gasteiger partial charge on any atom is 0.0369 e. The van der Waals surface area contributed by atoms with E-state index in [-0.39, 0.29) is 0 Å². The van der Waals surface area contributed by atoms with Gasteiger partial charge in [0, 0.05) is 24.8 Å². The van der Waals surface area contributed by atoms with Crippen molar-refractivity contribution in [1.82, 2.24) is 5.32 Å². The lowest BCUT2D eigenvalue weighted by atomic mass is 9.93. The minimum absolute atomic E-state index is 0.700. The smallest absolute Gasteiger partial charge is 0.0369 e. The molecule has 106 valence electrons. The third-order valence-corrected chi connectivity index (χ3v) is 4.25. The van der Waals surface area contributed by atoms with Crippen molar-refractivity contribution in [2.45, 2.75) is 46.1 Å². The maximum atomic E-state index is 3.69. The minimum atomic E-state index is 0.700. The second-order valence-corrected chi connectivity index (χ2v) is 5.80. The van der Waals surface area contributed by atoms with Crippen LogP contribution in [0.1, 0.15) is 39.2 Å². The van der Waals surface area contributed by atoms with Crippen LogP contribution in [0.5, 0.6) is 0 Å². The zero-order valence-electron chi connectivity index (χ0n) is 12.7. The van der Waals surface area contributed by atoms with Crippen LogP contribution in [-0.4, -0.2) is 25.7 Å². The Balaban J connectivity index is 1.97. The van der Waals surface area contributed by atoms with Gasteiger partial charge in [-0.25, -0.2) is 0 Å². The van der Waals surface area contributed by atoms with Crippen LogP contribution in [0.2, 0.25) is 0 Å². The van der Waals surface area contributed by atoms with Gasteiger partial charge in [-0.2, -0.15) is 0 Å². The Morgan fingerprint density at radius 3 is 2.84 bits per heavy atom. The number of nitrogens with one attached hydrogen (secondary N) is 1. The molecule has 2 atom stereocenters. The van der Waals surface area contributed by atoms with Crippen molar-refractivity contribution in [1.29, 1.82) is 0 Å². The maximum absolute atomic E-state index is 3.69. The Morgan fingerprint density at radius 1 is 1.32 bits per heavy atom. The first-order chi connectivity index (χ1) is 9.24. The summed E-state index contributed by atoms with van der Waals surface area (Å²) in [7, 11) is 0. The minimum Gasteiger partial charge on any atom is -0.371 e. The number of benzene rings is 1. The van der Waals surface area contributed by atoms with E-state index in [0.29, 0.717) is 6.04 Å². The van der Waals surface area contributed by atoms with Crippen LogP contribution in [0.25, 0.3) is 0 Å². The molecule has 1 aromatic carbocycles. The van der Waals surface area contributed by atoms with Crippen LogP contribution in [-0.2, 0) is 6.42 Å². The molecule has 0 aliphatic carbocycles. The van der Waals surface area contributed by atoms with Crippen LogP contribution in [0.4, 0.5) is 5.69 Å². The molecule has 1 N–H and O–H groups in total. The second-order valence-electron chi connectivity index (χ2n) is 5.80. The largest absolute Gasteiger partial charge is 0.371 e. The van der Waals surface area contributed by atoms with Crippen LogP contribution >= 0.6 is 0 Å². The Hall–Kier alpha value is -1.02. The second kappa shape index (κ2) is 6.95. The predicted octanol–water partition coefficient (Wildman–Crippen LogP) is 3.46. The topological polar surface area (TPSA) is 15.3 Å². The first-order valence-electron chi connectivity index (χ1n) is 7.81. The van der Waals surface area contributed by atoms with E-state index in [1.807, 2.05) is 0 Å². The van der Waals surface area contributed by atoms with Crippen molar-refractivity contribution in [3.05, 3.63) is 29.8 Å². The molecule has 2 rings (SSSR count). The third-order valence-electron chi connectivity index (χ3n) is 4.25. The Kier molecular flexibility index (Phi) is 5.26. The number of nitrogens with zero attached hydrogens (tertiary/aromatic N) is 1. The monoisotopic (exact) mass is 260 g/mol. The van der Waals surface area contributed by atoms with Crippen molar-refractivity contribution >= 4 is 5.69 Å². The summed E-state index contributed by atoms with van der Waals surface area (Å²) in [6.45, 7) is 10.3. The van der Waals surface area contributed by atoms with Gasteiger partial charge in [0.05, 0.1) is 0 Å². The highest BCUT2D eigenvalue weighted by atomic mass is 15.2. The van der Waals surface area contributed by atoms with E-state index < -0.39 is 0 Å². The van der Waals surface area contributed by atoms with Gasteiger partial charge < -0.3 is 10.2 Å². The van der Waals surface area contributed by atoms with Crippen molar-refractivity contribution in [3.8, 4) is 0 Å². The average molecular weight is 260 g/mol. The fraction of sp³-hybridized carbons (Fsp3) is 0.647. The zero-order valence-corrected chi connectivity index (χ0v) is 12.7. The van der Waals surface area contributed by atoms with E-state index in [0.717, 1.165) is 18.9 Å². The van der Waals surface area contributed by atoms with Gasteiger partial charge in [0.2, 0.25) is 0 Å². The summed E-state index contributed by atoms with van der Waals surface area (Å²) in [6.07, 6.45) is 3.61. The highest BCUT2D eigenvalue weighted by Gasteiger charge is 2.25. The molecule has 0 radical (unpaired) electrons. The van der Waals surface area contributed by atoms with Gasteiger partial charge in [0.1, 0.15) is 0 Å². The molecule has 2 nitrogen and oxygen atoms in total. The summed E-state index contributed by atoms with van der Waals surface area (Å²) in [5, 5.41) is 3.69. The SMILES string of the molecule is CCCNC1CCN(c2cccc(CC)c2)CC1C. The van der Waals surface area contributed by atoms with E-state index in [2.05, 4.69) is 55.3 Å². The number of rotatable bonds is 5. The number of hydrogen-bond acceptors (Lipinski definition) is 2. The van der Waals surface area contributed by atoms with Gasteiger partial charge in [-0.1, -0.05) is 32.9 Å². The Morgan fingerprint density at radius 2 is 2.16 bits per heavy atom. The normalized spacial score (nSPS) is 23.6. The van der Waals surface area contributed by atoms with E-state index in [1.54, 1.807) is 0 Å². The van der Waals surface area contributed by atoms with Gasteiger partial charge >= 0.3 is 0 Å². The van der Waals surface area contributed by atoms with E-state index in [1.165, 1.54) is 37.2 Å². The molecule has 0 aromatic heterocycles. The van der Waals surface area contributed by atoms with Crippen molar-refractivity contribution in [2.75, 3.05) is 24.5 Å². The molecule has 0 amide bonds. The molecule has 1 saturated heterocycles. The lowest BCUT2D eigenvalue weighted by Crippen LogP contribution is -2.48. The summed E-state index contributed by atoms with van der Waals surface area (Å²) < 4.78 is 0. The summed E-state index contributed by atoms with van der Waals surface area (Å²) in [4.78, 5) is 2.55. The third kappa shape index (κ3) is 3.73. The number of piperidine rings is 1. The first kappa shape index (κ1) is 14.4. The van der Waals surface area contributed by atoms with Crippen LogP contribution < -0.4 is 10.2 Å². The summed E-state index contributed by atoms with van der Waals surface area (Å²) >= 11 is 0.